The van der Waals surface area contributed by atoms with Crippen LogP contribution in [0.25, 0.3) is 0 Å². The third-order valence-corrected chi connectivity index (χ3v) is 1.89. The molecule has 0 rings (SSSR count). The van der Waals surface area contributed by atoms with E-state index in [4.69, 9.17) is 10.2 Å². The zero-order valence-electron chi connectivity index (χ0n) is 7.12. The molecule has 0 aromatic heterocycles. The van der Waals surface area contributed by atoms with Gasteiger partial charge in [-0.25, -0.2) is 0 Å². The number of aliphatic carboxylic acids is 1. The van der Waals surface area contributed by atoms with Gasteiger partial charge in [0.2, 0.25) is 0 Å². The van der Waals surface area contributed by atoms with Crippen molar-refractivity contribution in [3.8, 4) is 0 Å². The van der Waals surface area contributed by atoms with Crippen molar-refractivity contribution in [3.63, 3.8) is 0 Å². The minimum Gasteiger partial charge on any atom is -0.480 e. The third kappa shape index (κ3) is 7.04. The van der Waals surface area contributed by atoms with E-state index in [0.29, 0.717) is 6.42 Å². The van der Waals surface area contributed by atoms with Gasteiger partial charge in [-0.05, 0) is 18.4 Å². The molecule has 6 heteroatoms. The van der Waals surface area contributed by atoms with E-state index in [2.05, 4.69) is 5.32 Å². The van der Waals surface area contributed by atoms with E-state index >= 15 is 0 Å². The molecule has 0 spiro atoms. The van der Waals surface area contributed by atoms with Crippen molar-refractivity contribution in [3.05, 3.63) is 0 Å². The molecular formula is C6H13NO3SZn. The predicted molar refractivity (Wildman–Crippen MR) is 44.6 cm³/mol. The normalized spacial score (nSPS) is 11.8. The molecule has 1 atom stereocenters. The summed E-state index contributed by atoms with van der Waals surface area (Å²) in [5.41, 5.74) is 0. The van der Waals surface area contributed by atoms with Crippen LogP contribution in [0.5, 0.6) is 0 Å². The number of aliphatic hydroxyl groups is 1. The van der Waals surface area contributed by atoms with Crippen molar-refractivity contribution >= 4 is 17.7 Å². The fourth-order valence-electron chi connectivity index (χ4n) is 0.659. The topological polar surface area (TPSA) is 69.6 Å². The van der Waals surface area contributed by atoms with Crippen LogP contribution >= 0.6 is 11.8 Å². The van der Waals surface area contributed by atoms with Crippen molar-refractivity contribution < 1.29 is 34.5 Å². The molecule has 0 saturated carbocycles. The Balaban J connectivity index is 0. The predicted octanol–water partition coefficient (Wildman–Crippen LogP) is -0.270. The van der Waals surface area contributed by atoms with Crippen molar-refractivity contribution in [1.82, 2.24) is 5.32 Å². The molecular weight excluding hydrogens is 232 g/mol. The van der Waals surface area contributed by atoms with Gasteiger partial charge in [0, 0.05) is 19.5 Å². The van der Waals surface area contributed by atoms with Crippen molar-refractivity contribution in [2.75, 3.05) is 18.7 Å². The summed E-state index contributed by atoms with van der Waals surface area (Å²) in [5, 5.41) is 19.4. The number of rotatable bonds is 6. The average Bonchev–Trinajstić information content (AvgIpc) is 1.97. The summed E-state index contributed by atoms with van der Waals surface area (Å²) in [6.45, 7) is -0.286. The molecule has 0 aromatic carbocycles. The van der Waals surface area contributed by atoms with Crippen LogP contribution in [-0.2, 0) is 24.3 Å². The summed E-state index contributed by atoms with van der Waals surface area (Å²) < 4.78 is 0. The zero-order valence-corrected chi connectivity index (χ0v) is 10.9. The second-order valence-electron chi connectivity index (χ2n) is 2.03. The largest absolute Gasteiger partial charge is 0.480 e. The molecule has 12 heavy (non-hydrogen) atoms. The summed E-state index contributed by atoms with van der Waals surface area (Å²) in [5.74, 6) is -0.127. The molecule has 0 saturated heterocycles. The molecule has 0 amide bonds. The van der Waals surface area contributed by atoms with E-state index in [1.807, 2.05) is 6.26 Å². The van der Waals surface area contributed by atoms with Gasteiger partial charge in [-0.3, -0.25) is 10.1 Å². The monoisotopic (exact) mass is 243 g/mol. The molecule has 0 unspecified atom stereocenters. The van der Waals surface area contributed by atoms with Gasteiger partial charge in [0.25, 0.3) is 0 Å². The number of thioether (sulfide) groups is 1. The number of carbonyl (C=O) groups is 1. The third-order valence-electron chi connectivity index (χ3n) is 1.25. The second kappa shape index (κ2) is 9.45. The summed E-state index contributed by atoms with van der Waals surface area (Å²) in [6.07, 6.45) is 2.45. The van der Waals surface area contributed by atoms with Gasteiger partial charge in [0.1, 0.15) is 6.04 Å². The Hall–Kier alpha value is 0.363. The van der Waals surface area contributed by atoms with E-state index in [1.54, 1.807) is 11.8 Å². The number of carboxylic acid groups (broad SMARTS) is 1. The molecule has 68 valence electrons. The minimum atomic E-state index is -0.909. The summed E-state index contributed by atoms with van der Waals surface area (Å²) in [4.78, 5) is 10.4. The van der Waals surface area contributed by atoms with Crippen LogP contribution in [-0.4, -0.2) is 41.0 Å². The van der Waals surface area contributed by atoms with Crippen LogP contribution in [0.4, 0.5) is 0 Å². The number of hydrogen-bond donors (Lipinski definition) is 3. The van der Waals surface area contributed by atoms with E-state index in [9.17, 15) is 4.79 Å². The Morgan fingerprint density at radius 2 is 2.25 bits per heavy atom. The van der Waals surface area contributed by atoms with E-state index in [0.717, 1.165) is 5.75 Å². The molecule has 0 heterocycles. The average molecular weight is 245 g/mol. The molecule has 0 aliphatic carbocycles. The summed E-state index contributed by atoms with van der Waals surface area (Å²) in [7, 11) is 0. The van der Waals surface area contributed by atoms with E-state index in [-0.39, 0.29) is 26.2 Å². The van der Waals surface area contributed by atoms with Crippen molar-refractivity contribution in [1.29, 1.82) is 0 Å². The van der Waals surface area contributed by atoms with Crippen LogP contribution in [0.15, 0.2) is 0 Å². The van der Waals surface area contributed by atoms with Crippen molar-refractivity contribution in [2.24, 2.45) is 0 Å². The number of carboxylic acids is 1. The minimum absolute atomic E-state index is 0. The van der Waals surface area contributed by atoms with Gasteiger partial charge in [-0.2, -0.15) is 11.8 Å². The molecule has 0 fully saturated rings. The van der Waals surface area contributed by atoms with Gasteiger partial charge >= 0.3 is 5.97 Å². The molecule has 3 N–H and O–H groups in total. The number of aliphatic hydroxyl groups excluding tert-OH is 1. The fourth-order valence-corrected chi connectivity index (χ4v) is 1.13. The first-order valence-electron chi connectivity index (χ1n) is 3.28. The van der Waals surface area contributed by atoms with Crippen LogP contribution in [0.1, 0.15) is 6.42 Å². The first-order valence-corrected chi connectivity index (χ1v) is 4.67. The van der Waals surface area contributed by atoms with Gasteiger partial charge in [-0.1, -0.05) is 0 Å². The van der Waals surface area contributed by atoms with E-state index < -0.39 is 12.0 Å². The maximum Gasteiger partial charge on any atom is 0.320 e. The fraction of sp³-hybridized carbons (Fsp3) is 0.833. The Labute approximate surface area is 88.9 Å². The molecule has 0 aliphatic heterocycles. The molecule has 4 nitrogen and oxygen atoms in total. The van der Waals surface area contributed by atoms with E-state index in [1.165, 1.54) is 0 Å². The summed E-state index contributed by atoms with van der Waals surface area (Å²) >= 11 is 1.59. The van der Waals surface area contributed by atoms with Crippen LogP contribution in [0.3, 0.4) is 0 Å². The quantitative estimate of drug-likeness (QED) is 0.443. The zero-order chi connectivity index (χ0) is 8.69. The molecule has 0 radical (unpaired) electrons. The standard InChI is InChI=1S/C6H13NO3S.Zn/c1-11-3-2-5(6(9)10)7-4-8;/h5,7-8H,2-4H2,1H3,(H,9,10);/t5-;/m0./s1. The molecule has 0 aromatic rings. The second-order valence-corrected chi connectivity index (χ2v) is 3.02. The van der Waals surface area contributed by atoms with Gasteiger partial charge < -0.3 is 10.2 Å². The maximum atomic E-state index is 10.4. The number of nitrogens with one attached hydrogen (secondary N) is 1. The molecule has 0 bridgehead atoms. The first kappa shape index (κ1) is 14.9. The smallest absolute Gasteiger partial charge is 0.320 e. The van der Waals surface area contributed by atoms with Crippen LogP contribution in [0, 0.1) is 0 Å². The van der Waals surface area contributed by atoms with Crippen molar-refractivity contribution in [2.45, 2.75) is 12.5 Å². The maximum absolute atomic E-state index is 10.4. The molecule has 0 aliphatic rings. The van der Waals surface area contributed by atoms with Gasteiger partial charge in [-0.15, -0.1) is 0 Å². The van der Waals surface area contributed by atoms with Gasteiger partial charge in [0.15, 0.2) is 0 Å². The number of hydrogen-bond acceptors (Lipinski definition) is 4. The van der Waals surface area contributed by atoms with Gasteiger partial charge in [0.05, 0.1) is 6.73 Å². The Bertz CT molecular complexity index is 125. The Kier molecular flexibility index (Phi) is 11.7. The SMILES string of the molecule is CSCC[C@H](NCO)C(=O)O.[Zn]. The van der Waals surface area contributed by atoms with Crippen LogP contribution < -0.4 is 5.32 Å². The van der Waals surface area contributed by atoms with Crippen LogP contribution in [0.2, 0.25) is 0 Å². The summed E-state index contributed by atoms with van der Waals surface area (Å²) in [6, 6.07) is -0.618. The first-order chi connectivity index (χ1) is 5.22. The Morgan fingerprint density at radius 1 is 1.67 bits per heavy atom. The Morgan fingerprint density at radius 3 is 2.58 bits per heavy atom.